The molecule has 1 aliphatic carbocycles. The molecule has 1 saturated carbocycles. The van der Waals surface area contributed by atoms with Crippen LogP contribution in [0.3, 0.4) is 0 Å². The first kappa shape index (κ1) is 12.7. The molecule has 0 aromatic carbocycles. The van der Waals surface area contributed by atoms with Crippen LogP contribution >= 0.6 is 0 Å². The highest BCUT2D eigenvalue weighted by atomic mass is 16.1. The molecule has 0 unspecified atom stereocenters. The average molecular weight is 210 g/mol. The third-order valence-electron chi connectivity index (χ3n) is 3.66. The van der Waals surface area contributed by atoms with Gasteiger partial charge in [-0.2, -0.15) is 0 Å². The minimum absolute atomic E-state index is 0.396. The normalized spacial score (nSPS) is 21.9. The maximum atomic E-state index is 11.7. The van der Waals surface area contributed by atoms with Crippen molar-refractivity contribution in [1.82, 2.24) is 0 Å². The van der Waals surface area contributed by atoms with Gasteiger partial charge in [-0.3, -0.25) is 4.79 Å². The maximum Gasteiger partial charge on any atom is 0.135 e. The molecular formula is C14H26O. The highest BCUT2D eigenvalue weighted by Gasteiger charge is 2.15. The fourth-order valence-electron chi connectivity index (χ4n) is 2.60. The van der Waals surface area contributed by atoms with Gasteiger partial charge in [0, 0.05) is 12.3 Å². The molecule has 1 heteroatoms. The van der Waals surface area contributed by atoms with Gasteiger partial charge in [-0.15, -0.1) is 0 Å². The van der Waals surface area contributed by atoms with E-state index in [4.69, 9.17) is 0 Å². The van der Waals surface area contributed by atoms with Crippen molar-refractivity contribution in [3.8, 4) is 0 Å². The van der Waals surface area contributed by atoms with E-state index in [0.717, 1.165) is 19.3 Å². The smallest absolute Gasteiger partial charge is 0.135 e. The summed E-state index contributed by atoms with van der Waals surface area (Å²) in [6.07, 6.45) is 13.9. The van der Waals surface area contributed by atoms with Crippen LogP contribution in [0.2, 0.25) is 0 Å². The van der Waals surface area contributed by atoms with E-state index in [-0.39, 0.29) is 0 Å². The van der Waals surface area contributed by atoms with Crippen LogP contribution in [0.15, 0.2) is 0 Å². The lowest BCUT2D eigenvalue weighted by molar-refractivity contribution is -0.123. The lowest BCUT2D eigenvalue weighted by atomic mass is 9.90. The van der Waals surface area contributed by atoms with Gasteiger partial charge in [0.05, 0.1) is 0 Å². The van der Waals surface area contributed by atoms with E-state index in [0.29, 0.717) is 11.7 Å². The standard InChI is InChI=1S/C14H26O/c1-2-14(15)13-11-9-7-5-3-4-6-8-10-12-13/h13H,2-12H2,1H3. The van der Waals surface area contributed by atoms with Crippen molar-refractivity contribution < 1.29 is 4.79 Å². The van der Waals surface area contributed by atoms with Gasteiger partial charge in [0.15, 0.2) is 0 Å². The molecule has 15 heavy (non-hydrogen) atoms. The Labute approximate surface area is 94.6 Å². The van der Waals surface area contributed by atoms with Crippen molar-refractivity contribution in [2.75, 3.05) is 0 Å². The molecule has 1 nitrogen and oxygen atoms in total. The van der Waals surface area contributed by atoms with E-state index >= 15 is 0 Å². The third-order valence-corrected chi connectivity index (χ3v) is 3.66. The SMILES string of the molecule is CCC(=O)C1CCCCCCCCCC1. The van der Waals surface area contributed by atoms with Crippen LogP contribution in [0.1, 0.15) is 77.6 Å². The number of rotatable bonds is 2. The van der Waals surface area contributed by atoms with Crippen molar-refractivity contribution >= 4 is 5.78 Å². The van der Waals surface area contributed by atoms with Gasteiger partial charge in [0.1, 0.15) is 5.78 Å². The van der Waals surface area contributed by atoms with Gasteiger partial charge in [-0.1, -0.05) is 58.3 Å². The van der Waals surface area contributed by atoms with Crippen LogP contribution in [0.4, 0.5) is 0 Å². The van der Waals surface area contributed by atoms with Crippen LogP contribution in [0, 0.1) is 5.92 Å². The molecule has 0 aromatic heterocycles. The molecule has 0 radical (unpaired) electrons. The van der Waals surface area contributed by atoms with Crippen LogP contribution in [0.5, 0.6) is 0 Å². The Morgan fingerprint density at radius 2 is 1.27 bits per heavy atom. The number of hydrogen-bond acceptors (Lipinski definition) is 1. The molecule has 1 rings (SSSR count). The van der Waals surface area contributed by atoms with Gasteiger partial charge >= 0.3 is 0 Å². The first-order chi connectivity index (χ1) is 7.34. The number of carbonyl (C=O) groups excluding carboxylic acids is 1. The largest absolute Gasteiger partial charge is 0.299 e. The molecule has 0 heterocycles. The Morgan fingerprint density at radius 3 is 1.67 bits per heavy atom. The summed E-state index contributed by atoms with van der Waals surface area (Å²) in [4.78, 5) is 11.7. The molecule has 0 atom stereocenters. The van der Waals surface area contributed by atoms with Crippen LogP contribution < -0.4 is 0 Å². The summed E-state index contributed by atoms with van der Waals surface area (Å²) >= 11 is 0. The van der Waals surface area contributed by atoms with Crippen LogP contribution in [0.25, 0.3) is 0 Å². The second-order valence-corrected chi connectivity index (χ2v) is 4.92. The van der Waals surface area contributed by atoms with Gasteiger partial charge < -0.3 is 0 Å². The third kappa shape index (κ3) is 5.34. The minimum Gasteiger partial charge on any atom is -0.299 e. The monoisotopic (exact) mass is 210 g/mol. The van der Waals surface area contributed by atoms with Gasteiger partial charge in [0.2, 0.25) is 0 Å². The van der Waals surface area contributed by atoms with Gasteiger partial charge in [-0.05, 0) is 12.8 Å². The quantitative estimate of drug-likeness (QED) is 0.656. The number of Topliss-reactive ketones (excluding diaryl/α,β-unsaturated/α-hetero) is 1. The number of hydrogen-bond donors (Lipinski definition) is 0. The lowest BCUT2D eigenvalue weighted by Crippen LogP contribution is -2.13. The second kappa shape index (κ2) is 7.90. The molecular weight excluding hydrogens is 184 g/mol. The maximum absolute atomic E-state index is 11.7. The molecule has 1 fully saturated rings. The van der Waals surface area contributed by atoms with Gasteiger partial charge in [-0.25, -0.2) is 0 Å². The van der Waals surface area contributed by atoms with Crippen molar-refractivity contribution in [1.29, 1.82) is 0 Å². The highest BCUT2D eigenvalue weighted by molar-refractivity contribution is 5.80. The van der Waals surface area contributed by atoms with E-state index in [9.17, 15) is 4.79 Å². The number of ketones is 1. The topological polar surface area (TPSA) is 17.1 Å². The molecule has 0 bridgehead atoms. The summed E-state index contributed by atoms with van der Waals surface area (Å²) in [5, 5.41) is 0. The van der Waals surface area contributed by atoms with Crippen LogP contribution in [-0.4, -0.2) is 5.78 Å². The zero-order chi connectivity index (χ0) is 10.9. The Kier molecular flexibility index (Phi) is 6.71. The Hall–Kier alpha value is -0.330. The average Bonchev–Trinajstić information content (AvgIpc) is 2.32. The molecule has 0 saturated heterocycles. The molecule has 0 aromatic rings. The molecule has 0 spiro atoms. The minimum atomic E-state index is 0.396. The predicted molar refractivity (Wildman–Crippen MR) is 65.0 cm³/mol. The highest BCUT2D eigenvalue weighted by Crippen LogP contribution is 2.22. The van der Waals surface area contributed by atoms with Gasteiger partial charge in [0.25, 0.3) is 0 Å². The van der Waals surface area contributed by atoms with E-state index in [1.807, 2.05) is 6.92 Å². The molecule has 88 valence electrons. The van der Waals surface area contributed by atoms with E-state index in [1.54, 1.807) is 0 Å². The fraction of sp³-hybridized carbons (Fsp3) is 0.929. The molecule has 0 aliphatic heterocycles. The summed E-state index contributed by atoms with van der Waals surface area (Å²) in [7, 11) is 0. The van der Waals surface area contributed by atoms with Crippen molar-refractivity contribution in [2.24, 2.45) is 5.92 Å². The van der Waals surface area contributed by atoms with Crippen LogP contribution in [-0.2, 0) is 4.79 Å². The first-order valence-electron chi connectivity index (χ1n) is 6.87. The Balaban J connectivity index is 2.35. The van der Waals surface area contributed by atoms with Crippen molar-refractivity contribution in [3.05, 3.63) is 0 Å². The Bertz CT molecular complexity index is 162. The first-order valence-corrected chi connectivity index (χ1v) is 6.87. The number of carbonyl (C=O) groups is 1. The zero-order valence-electron chi connectivity index (χ0n) is 10.3. The molecule has 1 aliphatic rings. The Morgan fingerprint density at radius 1 is 0.867 bits per heavy atom. The summed E-state index contributed by atoms with van der Waals surface area (Å²) in [5.74, 6) is 0.905. The lowest BCUT2D eigenvalue weighted by Gasteiger charge is -2.14. The molecule has 0 amide bonds. The van der Waals surface area contributed by atoms with E-state index in [2.05, 4.69) is 0 Å². The summed E-state index contributed by atoms with van der Waals surface area (Å²) in [6, 6.07) is 0. The fourth-order valence-corrected chi connectivity index (χ4v) is 2.60. The molecule has 0 N–H and O–H groups in total. The zero-order valence-corrected chi connectivity index (χ0v) is 10.3. The van der Waals surface area contributed by atoms with Crippen molar-refractivity contribution in [2.45, 2.75) is 77.6 Å². The van der Waals surface area contributed by atoms with E-state index < -0.39 is 0 Å². The predicted octanol–water partition coefficient (Wildman–Crippen LogP) is 4.50. The summed E-state index contributed by atoms with van der Waals surface area (Å²) < 4.78 is 0. The van der Waals surface area contributed by atoms with E-state index in [1.165, 1.54) is 51.4 Å². The second-order valence-electron chi connectivity index (χ2n) is 4.92. The summed E-state index contributed by atoms with van der Waals surface area (Å²) in [6.45, 7) is 2.01. The summed E-state index contributed by atoms with van der Waals surface area (Å²) in [5.41, 5.74) is 0. The van der Waals surface area contributed by atoms with Crippen molar-refractivity contribution in [3.63, 3.8) is 0 Å².